The Bertz CT molecular complexity index is 409. The molecule has 0 bridgehead atoms. The molecule has 0 aliphatic heterocycles. The van der Waals surface area contributed by atoms with Crippen LogP contribution in [0.15, 0.2) is 35.2 Å². The first-order valence-electron chi connectivity index (χ1n) is 5.06. The van der Waals surface area contributed by atoms with Crippen LogP contribution in [0.1, 0.15) is 25.6 Å². The van der Waals surface area contributed by atoms with Crippen LogP contribution in [0.4, 0.5) is 5.69 Å². The summed E-state index contributed by atoms with van der Waals surface area (Å²) < 4.78 is 7.14. The Morgan fingerprint density at radius 1 is 1.50 bits per heavy atom. The molecule has 0 radical (unpaired) electrons. The zero-order chi connectivity index (χ0) is 10.7. The predicted octanol–water partition coefficient (Wildman–Crippen LogP) is 3.09. The molecule has 0 unspecified atom stereocenters. The van der Waals surface area contributed by atoms with Crippen molar-refractivity contribution < 1.29 is 4.42 Å². The Labute approximate surface area is 101 Å². The van der Waals surface area contributed by atoms with Crippen molar-refractivity contribution in [2.45, 2.75) is 26.4 Å². The van der Waals surface area contributed by atoms with Crippen molar-refractivity contribution in [3.8, 4) is 0 Å². The number of nitrogens with one attached hydrogen (secondary N) is 1. The molecular weight excluding hydrogens is 226 g/mol. The van der Waals surface area contributed by atoms with Crippen LogP contribution in [0.2, 0.25) is 0 Å². The second kappa shape index (κ2) is 5.61. The molecule has 2 rings (SSSR count). The summed E-state index contributed by atoms with van der Waals surface area (Å²) in [7, 11) is 0. The average molecular weight is 242 g/mol. The second-order valence-corrected chi connectivity index (χ2v) is 3.74. The smallest absolute Gasteiger partial charge is 0.122 e. The van der Waals surface area contributed by atoms with E-state index in [2.05, 4.69) is 24.3 Å². The Morgan fingerprint density at radius 2 is 2.31 bits per heavy atom. The molecule has 0 spiro atoms. The summed E-state index contributed by atoms with van der Waals surface area (Å²) in [6.45, 7) is 4.89. The highest BCUT2D eigenvalue weighted by Gasteiger charge is 2.01. The van der Waals surface area contributed by atoms with Gasteiger partial charge in [-0.05, 0) is 26.0 Å². The standard InChI is InChI=1S/C11H15N3O.ClH/c1-9(2)14-8-10(6-13-14)12-7-11-4-3-5-15-11;/h3-6,8-9,12H,7H2,1-2H3;1H. The fourth-order valence-corrected chi connectivity index (χ4v) is 1.31. The Kier molecular flexibility index (Phi) is 4.43. The number of rotatable bonds is 4. The van der Waals surface area contributed by atoms with E-state index in [0.717, 1.165) is 11.4 Å². The topological polar surface area (TPSA) is 43.0 Å². The molecular formula is C11H16ClN3O. The number of halogens is 1. The van der Waals surface area contributed by atoms with E-state index in [9.17, 15) is 0 Å². The first-order valence-corrected chi connectivity index (χ1v) is 5.06. The van der Waals surface area contributed by atoms with Crippen LogP contribution in [-0.2, 0) is 6.54 Å². The van der Waals surface area contributed by atoms with Gasteiger partial charge in [-0.15, -0.1) is 12.4 Å². The number of hydrogen-bond acceptors (Lipinski definition) is 3. The number of anilines is 1. The van der Waals surface area contributed by atoms with Gasteiger partial charge in [-0.2, -0.15) is 5.10 Å². The summed E-state index contributed by atoms with van der Waals surface area (Å²) in [4.78, 5) is 0. The van der Waals surface area contributed by atoms with Gasteiger partial charge in [0.2, 0.25) is 0 Å². The lowest BCUT2D eigenvalue weighted by Crippen LogP contribution is -2.00. The van der Waals surface area contributed by atoms with Gasteiger partial charge in [0.1, 0.15) is 5.76 Å². The third-order valence-corrected chi connectivity index (χ3v) is 2.18. The molecule has 0 aliphatic carbocycles. The minimum absolute atomic E-state index is 0. The van der Waals surface area contributed by atoms with Crippen LogP contribution in [0.3, 0.4) is 0 Å². The summed E-state index contributed by atoms with van der Waals surface area (Å²) in [5, 5.41) is 7.48. The molecule has 0 saturated carbocycles. The van der Waals surface area contributed by atoms with E-state index in [1.165, 1.54) is 0 Å². The monoisotopic (exact) mass is 241 g/mol. The second-order valence-electron chi connectivity index (χ2n) is 3.74. The fraction of sp³-hybridized carbons (Fsp3) is 0.364. The number of aromatic nitrogens is 2. The van der Waals surface area contributed by atoms with Crippen LogP contribution in [0.25, 0.3) is 0 Å². The lowest BCUT2D eigenvalue weighted by Gasteiger charge is -2.03. The van der Waals surface area contributed by atoms with E-state index >= 15 is 0 Å². The van der Waals surface area contributed by atoms with Crippen LogP contribution >= 0.6 is 12.4 Å². The molecule has 0 saturated heterocycles. The average Bonchev–Trinajstić information content (AvgIpc) is 2.86. The van der Waals surface area contributed by atoms with E-state index in [0.29, 0.717) is 12.6 Å². The SMILES string of the molecule is CC(C)n1cc(NCc2ccco2)cn1.Cl. The van der Waals surface area contributed by atoms with Gasteiger partial charge in [-0.25, -0.2) is 0 Å². The Hall–Kier alpha value is -1.42. The van der Waals surface area contributed by atoms with Crippen molar-refractivity contribution >= 4 is 18.1 Å². The molecule has 2 aromatic rings. The quantitative estimate of drug-likeness (QED) is 0.895. The van der Waals surface area contributed by atoms with Crippen LogP contribution < -0.4 is 5.32 Å². The fourth-order valence-electron chi connectivity index (χ4n) is 1.31. The Balaban J connectivity index is 0.00000128. The van der Waals surface area contributed by atoms with Gasteiger partial charge in [0.15, 0.2) is 0 Å². The third kappa shape index (κ3) is 3.03. The van der Waals surface area contributed by atoms with Crippen LogP contribution in [0.5, 0.6) is 0 Å². The molecule has 88 valence electrons. The molecule has 0 fully saturated rings. The van der Waals surface area contributed by atoms with Crippen molar-refractivity contribution in [3.05, 3.63) is 36.5 Å². The molecule has 1 N–H and O–H groups in total. The normalized spacial score (nSPS) is 10.2. The van der Waals surface area contributed by atoms with Crippen molar-refractivity contribution in [2.75, 3.05) is 5.32 Å². The maximum absolute atomic E-state index is 5.22. The highest BCUT2D eigenvalue weighted by Crippen LogP contribution is 2.11. The van der Waals surface area contributed by atoms with Crippen LogP contribution in [0, 0.1) is 0 Å². The van der Waals surface area contributed by atoms with E-state index in [1.54, 1.807) is 6.26 Å². The summed E-state index contributed by atoms with van der Waals surface area (Å²) >= 11 is 0. The van der Waals surface area contributed by atoms with Crippen molar-refractivity contribution in [2.24, 2.45) is 0 Å². The van der Waals surface area contributed by atoms with Gasteiger partial charge in [0.05, 0.1) is 24.7 Å². The van der Waals surface area contributed by atoms with Gasteiger partial charge in [0.25, 0.3) is 0 Å². The maximum atomic E-state index is 5.22. The highest BCUT2D eigenvalue weighted by atomic mass is 35.5. The van der Waals surface area contributed by atoms with E-state index in [-0.39, 0.29) is 12.4 Å². The molecule has 4 nitrogen and oxygen atoms in total. The van der Waals surface area contributed by atoms with Gasteiger partial charge >= 0.3 is 0 Å². The van der Waals surface area contributed by atoms with E-state index in [4.69, 9.17) is 4.42 Å². The summed E-state index contributed by atoms with van der Waals surface area (Å²) in [5.41, 5.74) is 1.01. The number of hydrogen-bond donors (Lipinski definition) is 1. The van der Waals surface area contributed by atoms with E-state index < -0.39 is 0 Å². The summed E-state index contributed by atoms with van der Waals surface area (Å²) in [5.74, 6) is 0.923. The molecule has 0 aromatic carbocycles. The Morgan fingerprint density at radius 3 is 2.88 bits per heavy atom. The van der Waals surface area contributed by atoms with Gasteiger partial charge in [0, 0.05) is 12.2 Å². The zero-order valence-electron chi connectivity index (χ0n) is 9.38. The first kappa shape index (κ1) is 12.6. The number of nitrogens with zero attached hydrogens (tertiary/aromatic N) is 2. The lowest BCUT2D eigenvalue weighted by atomic mass is 10.4. The van der Waals surface area contributed by atoms with Crippen molar-refractivity contribution in [1.82, 2.24) is 9.78 Å². The first-order chi connectivity index (χ1) is 7.25. The predicted molar refractivity (Wildman–Crippen MR) is 65.9 cm³/mol. The van der Waals surface area contributed by atoms with Gasteiger partial charge < -0.3 is 9.73 Å². The molecule has 5 heteroatoms. The van der Waals surface area contributed by atoms with Gasteiger partial charge in [-0.1, -0.05) is 0 Å². The highest BCUT2D eigenvalue weighted by molar-refractivity contribution is 5.85. The largest absolute Gasteiger partial charge is 0.467 e. The summed E-state index contributed by atoms with van der Waals surface area (Å²) in [6.07, 6.45) is 5.49. The summed E-state index contributed by atoms with van der Waals surface area (Å²) in [6, 6.07) is 4.22. The molecule has 2 aromatic heterocycles. The molecule has 0 atom stereocenters. The molecule has 0 amide bonds. The van der Waals surface area contributed by atoms with Crippen molar-refractivity contribution in [1.29, 1.82) is 0 Å². The molecule has 0 aliphatic rings. The van der Waals surface area contributed by atoms with Crippen molar-refractivity contribution in [3.63, 3.8) is 0 Å². The minimum atomic E-state index is 0. The van der Waals surface area contributed by atoms with Crippen LogP contribution in [-0.4, -0.2) is 9.78 Å². The van der Waals surface area contributed by atoms with Gasteiger partial charge in [-0.3, -0.25) is 4.68 Å². The minimum Gasteiger partial charge on any atom is -0.467 e. The lowest BCUT2D eigenvalue weighted by molar-refractivity contribution is 0.518. The molecule has 16 heavy (non-hydrogen) atoms. The molecule has 2 heterocycles. The maximum Gasteiger partial charge on any atom is 0.122 e. The number of furan rings is 1. The van der Waals surface area contributed by atoms with E-state index in [1.807, 2.05) is 29.2 Å². The third-order valence-electron chi connectivity index (χ3n) is 2.18. The zero-order valence-corrected chi connectivity index (χ0v) is 10.2.